The van der Waals surface area contributed by atoms with Crippen LogP contribution < -0.4 is 5.32 Å². The number of hydrogen-bond acceptors (Lipinski definition) is 4. The summed E-state index contributed by atoms with van der Waals surface area (Å²) in [6, 6.07) is 7.53. The summed E-state index contributed by atoms with van der Waals surface area (Å²) in [4.78, 5) is 22.0. The van der Waals surface area contributed by atoms with Crippen LogP contribution in [0.15, 0.2) is 24.3 Å². The van der Waals surface area contributed by atoms with Crippen molar-refractivity contribution in [3.8, 4) is 6.07 Å². The maximum Gasteiger partial charge on any atom is 0.338 e. The lowest BCUT2D eigenvalue weighted by atomic mass is 10.2. The van der Waals surface area contributed by atoms with Crippen LogP contribution >= 0.6 is 0 Å². The Hall–Kier alpha value is -2.35. The van der Waals surface area contributed by atoms with Gasteiger partial charge in [0, 0.05) is 5.69 Å². The Balaban J connectivity index is 2.72. The van der Waals surface area contributed by atoms with Crippen LogP contribution in [0.4, 0.5) is 5.69 Å². The van der Waals surface area contributed by atoms with Crippen LogP contribution in [0.3, 0.4) is 0 Å². The zero-order chi connectivity index (χ0) is 12.0. The summed E-state index contributed by atoms with van der Waals surface area (Å²) < 4.78 is 4.79. The minimum absolute atomic E-state index is 0.311. The summed E-state index contributed by atoms with van der Waals surface area (Å²) in [6.45, 7) is 2.03. The summed E-state index contributed by atoms with van der Waals surface area (Å²) in [5.74, 6) is -1.16. The van der Waals surface area contributed by atoms with Crippen LogP contribution in [0.2, 0.25) is 0 Å². The van der Waals surface area contributed by atoms with Crippen LogP contribution in [-0.4, -0.2) is 18.5 Å². The SMILES string of the molecule is CCOC(=O)c1ccc(NC(=O)C#N)cc1. The van der Waals surface area contributed by atoms with E-state index in [1.165, 1.54) is 30.3 Å². The number of nitrogens with one attached hydrogen (secondary N) is 1. The highest BCUT2D eigenvalue weighted by molar-refractivity contribution is 6.02. The molecule has 0 heterocycles. The molecular weight excluding hydrogens is 208 g/mol. The molecule has 16 heavy (non-hydrogen) atoms. The van der Waals surface area contributed by atoms with Gasteiger partial charge in [-0.2, -0.15) is 5.26 Å². The Morgan fingerprint density at radius 1 is 1.38 bits per heavy atom. The molecule has 0 aromatic heterocycles. The van der Waals surface area contributed by atoms with Crippen molar-refractivity contribution in [1.29, 1.82) is 5.26 Å². The van der Waals surface area contributed by atoms with E-state index in [0.717, 1.165) is 0 Å². The molecule has 1 N–H and O–H groups in total. The third kappa shape index (κ3) is 3.10. The monoisotopic (exact) mass is 218 g/mol. The van der Waals surface area contributed by atoms with Gasteiger partial charge in [0.15, 0.2) is 6.07 Å². The molecule has 0 spiro atoms. The molecule has 1 aromatic rings. The number of ether oxygens (including phenoxy) is 1. The van der Waals surface area contributed by atoms with E-state index in [1.54, 1.807) is 6.92 Å². The molecule has 1 aromatic carbocycles. The molecular formula is C11H10N2O3. The summed E-state index contributed by atoms with van der Waals surface area (Å²) in [7, 11) is 0. The number of anilines is 1. The maximum atomic E-state index is 11.3. The summed E-state index contributed by atoms with van der Waals surface area (Å²) in [6.07, 6.45) is 0. The maximum absolute atomic E-state index is 11.3. The molecule has 5 heteroatoms. The quantitative estimate of drug-likeness (QED) is 0.613. The van der Waals surface area contributed by atoms with Crippen molar-refractivity contribution in [2.24, 2.45) is 0 Å². The van der Waals surface area contributed by atoms with E-state index in [4.69, 9.17) is 10.00 Å². The molecule has 1 rings (SSSR count). The first-order valence-corrected chi connectivity index (χ1v) is 4.65. The van der Waals surface area contributed by atoms with E-state index in [2.05, 4.69) is 5.32 Å². The van der Waals surface area contributed by atoms with Gasteiger partial charge in [0.05, 0.1) is 12.2 Å². The number of benzene rings is 1. The predicted molar refractivity (Wildman–Crippen MR) is 56.6 cm³/mol. The molecule has 0 aliphatic rings. The van der Waals surface area contributed by atoms with Gasteiger partial charge in [-0.1, -0.05) is 0 Å². The molecule has 0 saturated carbocycles. The van der Waals surface area contributed by atoms with Crippen LogP contribution in [-0.2, 0) is 9.53 Å². The summed E-state index contributed by atoms with van der Waals surface area (Å²) in [5.41, 5.74) is 0.858. The summed E-state index contributed by atoms with van der Waals surface area (Å²) in [5, 5.41) is 10.6. The van der Waals surface area contributed by atoms with Crippen LogP contribution in [0.5, 0.6) is 0 Å². The summed E-state index contributed by atoms with van der Waals surface area (Å²) >= 11 is 0. The van der Waals surface area contributed by atoms with Crippen molar-refractivity contribution < 1.29 is 14.3 Å². The van der Waals surface area contributed by atoms with E-state index in [0.29, 0.717) is 17.9 Å². The van der Waals surface area contributed by atoms with E-state index in [-0.39, 0.29) is 0 Å². The number of rotatable bonds is 3. The number of nitrogens with zero attached hydrogens (tertiary/aromatic N) is 1. The van der Waals surface area contributed by atoms with Crippen molar-refractivity contribution in [2.75, 3.05) is 11.9 Å². The normalized spacial score (nSPS) is 9.00. The lowest BCUT2D eigenvalue weighted by molar-refractivity contribution is -0.111. The number of carbonyl (C=O) groups excluding carboxylic acids is 2. The fraction of sp³-hybridized carbons (Fsp3) is 0.182. The molecule has 0 unspecified atom stereocenters. The number of nitriles is 1. The Bertz CT molecular complexity index is 432. The average Bonchev–Trinajstić information content (AvgIpc) is 2.30. The van der Waals surface area contributed by atoms with E-state index in [1.807, 2.05) is 0 Å². The van der Waals surface area contributed by atoms with E-state index < -0.39 is 11.9 Å². The standard InChI is InChI=1S/C11H10N2O3/c1-2-16-11(15)8-3-5-9(6-4-8)13-10(14)7-12/h3-6H,2H2,1H3,(H,13,14). The van der Waals surface area contributed by atoms with Gasteiger partial charge in [-0.3, -0.25) is 4.79 Å². The number of amides is 1. The number of carbonyl (C=O) groups is 2. The fourth-order valence-electron chi connectivity index (χ4n) is 1.06. The predicted octanol–water partition coefficient (Wildman–Crippen LogP) is 1.33. The molecule has 0 bridgehead atoms. The van der Waals surface area contributed by atoms with Crippen molar-refractivity contribution in [3.63, 3.8) is 0 Å². The number of hydrogen-bond donors (Lipinski definition) is 1. The van der Waals surface area contributed by atoms with Crippen LogP contribution in [0, 0.1) is 11.3 Å². The van der Waals surface area contributed by atoms with Gasteiger partial charge < -0.3 is 10.1 Å². The first-order chi connectivity index (χ1) is 7.67. The van der Waals surface area contributed by atoms with Gasteiger partial charge in [-0.05, 0) is 31.2 Å². The third-order valence-electron chi connectivity index (χ3n) is 1.76. The fourth-order valence-corrected chi connectivity index (χ4v) is 1.06. The van der Waals surface area contributed by atoms with Gasteiger partial charge in [-0.15, -0.1) is 0 Å². The van der Waals surface area contributed by atoms with Gasteiger partial charge in [-0.25, -0.2) is 4.79 Å². The molecule has 0 fully saturated rings. The Morgan fingerprint density at radius 3 is 2.50 bits per heavy atom. The van der Waals surface area contributed by atoms with Gasteiger partial charge in [0.1, 0.15) is 0 Å². The van der Waals surface area contributed by atoms with E-state index in [9.17, 15) is 9.59 Å². The number of esters is 1. The topological polar surface area (TPSA) is 79.2 Å². The molecule has 0 aliphatic carbocycles. The van der Waals surface area contributed by atoms with E-state index >= 15 is 0 Å². The molecule has 0 saturated heterocycles. The van der Waals surface area contributed by atoms with Gasteiger partial charge in [0.25, 0.3) is 0 Å². The van der Waals surface area contributed by atoms with Crippen LogP contribution in [0.1, 0.15) is 17.3 Å². The Kier molecular flexibility index (Phi) is 4.04. The first kappa shape index (κ1) is 11.7. The van der Waals surface area contributed by atoms with Crippen molar-refractivity contribution in [2.45, 2.75) is 6.92 Å². The van der Waals surface area contributed by atoms with Gasteiger partial charge >= 0.3 is 11.9 Å². The highest BCUT2D eigenvalue weighted by Gasteiger charge is 2.06. The highest BCUT2D eigenvalue weighted by Crippen LogP contribution is 2.10. The second-order valence-corrected chi connectivity index (χ2v) is 2.86. The zero-order valence-electron chi connectivity index (χ0n) is 8.69. The minimum Gasteiger partial charge on any atom is -0.462 e. The molecule has 5 nitrogen and oxygen atoms in total. The molecule has 0 aliphatic heterocycles. The Labute approximate surface area is 92.6 Å². The van der Waals surface area contributed by atoms with Crippen molar-refractivity contribution in [3.05, 3.63) is 29.8 Å². The lowest BCUT2D eigenvalue weighted by Crippen LogP contribution is -2.09. The van der Waals surface area contributed by atoms with Gasteiger partial charge in [0.2, 0.25) is 0 Å². The largest absolute Gasteiger partial charge is 0.462 e. The average molecular weight is 218 g/mol. The van der Waals surface area contributed by atoms with Crippen molar-refractivity contribution in [1.82, 2.24) is 0 Å². The first-order valence-electron chi connectivity index (χ1n) is 4.65. The van der Waals surface area contributed by atoms with Crippen molar-refractivity contribution >= 4 is 17.6 Å². The smallest absolute Gasteiger partial charge is 0.338 e. The second-order valence-electron chi connectivity index (χ2n) is 2.86. The Morgan fingerprint density at radius 2 is 2.00 bits per heavy atom. The molecule has 0 atom stereocenters. The molecule has 0 radical (unpaired) electrons. The zero-order valence-corrected chi connectivity index (χ0v) is 8.69. The molecule has 1 amide bonds. The highest BCUT2D eigenvalue weighted by atomic mass is 16.5. The lowest BCUT2D eigenvalue weighted by Gasteiger charge is -2.03. The minimum atomic E-state index is -0.746. The second kappa shape index (κ2) is 5.51. The van der Waals surface area contributed by atoms with Crippen LogP contribution in [0.25, 0.3) is 0 Å². The third-order valence-corrected chi connectivity index (χ3v) is 1.76. The molecule has 82 valence electrons.